The van der Waals surface area contributed by atoms with E-state index in [4.69, 9.17) is 9.47 Å². The fraction of sp³-hybridized carbons (Fsp3) is 0.333. The number of benzene rings is 1. The minimum atomic E-state index is -0.659. The van der Waals surface area contributed by atoms with E-state index in [-0.39, 0.29) is 0 Å². The number of hydrogen-bond acceptors (Lipinski definition) is 6. The number of nitrogens with zero attached hydrogens (tertiary/aromatic N) is 1. The van der Waals surface area contributed by atoms with Gasteiger partial charge in [-0.05, 0) is 36.3 Å². The van der Waals surface area contributed by atoms with Crippen molar-refractivity contribution < 1.29 is 14.3 Å². The van der Waals surface area contributed by atoms with Crippen LogP contribution < -0.4 is 4.74 Å². The molecule has 0 aliphatic heterocycles. The van der Waals surface area contributed by atoms with Crippen molar-refractivity contribution in [1.82, 2.24) is 4.98 Å². The molecule has 0 aliphatic rings. The number of aromatic nitrogens is 1. The maximum atomic E-state index is 11.6. The van der Waals surface area contributed by atoms with Crippen LogP contribution in [-0.2, 0) is 9.53 Å². The molecule has 21 heavy (non-hydrogen) atoms. The van der Waals surface area contributed by atoms with E-state index in [0.29, 0.717) is 5.75 Å². The Morgan fingerprint density at radius 3 is 2.86 bits per heavy atom. The summed E-state index contributed by atoms with van der Waals surface area (Å²) in [4.78, 5) is 17.1. The molecule has 1 heterocycles. The van der Waals surface area contributed by atoms with Crippen molar-refractivity contribution in [2.75, 3.05) is 19.1 Å². The molecule has 4 nitrogen and oxygen atoms in total. The van der Waals surface area contributed by atoms with E-state index in [1.54, 1.807) is 18.0 Å². The SMILES string of the molecule is CCSc1cnc2ccc(OC(SC)C(=O)OC)cc2c1. The third-order valence-electron chi connectivity index (χ3n) is 2.79. The van der Waals surface area contributed by atoms with Crippen LogP contribution in [-0.4, -0.2) is 35.5 Å². The summed E-state index contributed by atoms with van der Waals surface area (Å²) < 4.78 is 10.4. The molecule has 0 spiro atoms. The van der Waals surface area contributed by atoms with Crippen LogP contribution in [0.1, 0.15) is 6.92 Å². The highest BCUT2D eigenvalue weighted by atomic mass is 32.2. The molecule has 1 atom stereocenters. The van der Waals surface area contributed by atoms with Crippen LogP contribution in [0.25, 0.3) is 10.9 Å². The Labute approximate surface area is 132 Å². The van der Waals surface area contributed by atoms with Crippen molar-refractivity contribution in [2.24, 2.45) is 0 Å². The van der Waals surface area contributed by atoms with Gasteiger partial charge in [-0.15, -0.1) is 23.5 Å². The third-order valence-corrected chi connectivity index (χ3v) is 4.35. The summed E-state index contributed by atoms with van der Waals surface area (Å²) in [6.07, 6.45) is 3.68. The Balaban J connectivity index is 2.26. The van der Waals surface area contributed by atoms with Crippen LogP contribution in [0.15, 0.2) is 35.4 Å². The van der Waals surface area contributed by atoms with Gasteiger partial charge in [0.2, 0.25) is 5.44 Å². The monoisotopic (exact) mass is 323 g/mol. The molecule has 0 fully saturated rings. The van der Waals surface area contributed by atoms with Crippen LogP contribution in [0, 0.1) is 0 Å². The predicted molar refractivity (Wildman–Crippen MR) is 88.1 cm³/mol. The molecule has 112 valence electrons. The predicted octanol–water partition coefficient (Wildman–Crippen LogP) is 3.59. The average Bonchev–Trinajstić information content (AvgIpc) is 2.51. The topological polar surface area (TPSA) is 48.4 Å². The second kappa shape index (κ2) is 7.56. The number of esters is 1. The molecule has 2 aromatic rings. The molecule has 1 aromatic heterocycles. The number of methoxy groups -OCH3 is 1. The second-order valence-corrected chi connectivity index (χ2v) is 6.40. The summed E-state index contributed by atoms with van der Waals surface area (Å²) in [5, 5.41) is 0.996. The van der Waals surface area contributed by atoms with Gasteiger partial charge in [0, 0.05) is 16.5 Å². The average molecular weight is 323 g/mol. The zero-order valence-corrected chi connectivity index (χ0v) is 13.8. The Morgan fingerprint density at radius 2 is 2.19 bits per heavy atom. The number of pyridine rings is 1. The first-order valence-electron chi connectivity index (χ1n) is 6.47. The first-order valence-corrected chi connectivity index (χ1v) is 8.75. The molecular formula is C15H17NO3S2. The van der Waals surface area contributed by atoms with Crippen molar-refractivity contribution in [2.45, 2.75) is 17.3 Å². The molecular weight excluding hydrogens is 306 g/mol. The van der Waals surface area contributed by atoms with Gasteiger partial charge in [-0.2, -0.15) is 0 Å². The quantitative estimate of drug-likeness (QED) is 0.460. The van der Waals surface area contributed by atoms with E-state index in [0.717, 1.165) is 21.6 Å². The lowest BCUT2D eigenvalue weighted by Crippen LogP contribution is -2.24. The number of carbonyl (C=O) groups is 1. The van der Waals surface area contributed by atoms with Crippen molar-refractivity contribution in [3.63, 3.8) is 0 Å². The Kier molecular flexibility index (Phi) is 5.76. The number of hydrogen-bond donors (Lipinski definition) is 0. The van der Waals surface area contributed by atoms with Gasteiger partial charge < -0.3 is 9.47 Å². The van der Waals surface area contributed by atoms with E-state index < -0.39 is 11.4 Å². The van der Waals surface area contributed by atoms with Gasteiger partial charge in [-0.25, -0.2) is 4.79 Å². The van der Waals surface area contributed by atoms with E-state index in [9.17, 15) is 4.79 Å². The molecule has 0 saturated carbocycles. The molecule has 0 amide bonds. The maximum absolute atomic E-state index is 11.6. The molecule has 0 radical (unpaired) electrons. The summed E-state index contributed by atoms with van der Waals surface area (Å²) >= 11 is 3.04. The van der Waals surface area contributed by atoms with Gasteiger partial charge in [0.1, 0.15) is 5.75 Å². The summed E-state index contributed by atoms with van der Waals surface area (Å²) in [6, 6.07) is 7.68. The Bertz CT molecular complexity index is 633. The highest BCUT2D eigenvalue weighted by Crippen LogP contribution is 2.26. The molecule has 1 unspecified atom stereocenters. The zero-order valence-electron chi connectivity index (χ0n) is 12.2. The highest BCUT2D eigenvalue weighted by molar-refractivity contribution is 7.99. The van der Waals surface area contributed by atoms with Crippen molar-refractivity contribution in [1.29, 1.82) is 0 Å². The van der Waals surface area contributed by atoms with E-state index in [1.807, 2.05) is 24.4 Å². The summed E-state index contributed by atoms with van der Waals surface area (Å²) in [5.74, 6) is 1.24. The minimum absolute atomic E-state index is 0.393. The second-order valence-electron chi connectivity index (χ2n) is 4.17. The lowest BCUT2D eigenvalue weighted by molar-refractivity contribution is -0.144. The number of rotatable bonds is 6. The van der Waals surface area contributed by atoms with E-state index >= 15 is 0 Å². The van der Waals surface area contributed by atoms with Gasteiger partial charge >= 0.3 is 5.97 Å². The minimum Gasteiger partial charge on any atom is -0.468 e. The summed E-state index contributed by atoms with van der Waals surface area (Å²) in [5.41, 5.74) is 0.246. The van der Waals surface area contributed by atoms with Crippen LogP contribution in [0.5, 0.6) is 5.75 Å². The van der Waals surface area contributed by atoms with Crippen molar-refractivity contribution in [3.8, 4) is 5.75 Å². The molecule has 0 aliphatic carbocycles. The first-order chi connectivity index (χ1) is 10.2. The van der Waals surface area contributed by atoms with Crippen LogP contribution in [0.3, 0.4) is 0 Å². The van der Waals surface area contributed by atoms with Crippen LogP contribution in [0.2, 0.25) is 0 Å². The van der Waals surface area contributed by atoms with Crippen molar-refractivity contribution >= 4 is 40.4 Å². The first kappa shape index (κ1) is 16.0. The standard InChI is InChI=1S/C15H17NO3S2/c1-4-21-12-8-10-7-11(5-6-13(10)16-9-12)19-15(20-3)14(17)18-2/h5-9,15H,4H2,1-3H3. The van der Waals surface area contributed by atoms with Crippen LogP contribution in [0.4, 0.5) is 0 Å². The molecule has 0 saturated heterocycles. The van der Waals surface area contributed by atoms with Gasteiger partial charge in [-0.3, -0.25) is 4.98 Å². The normalized spacial score (nSPS) is 12.1. The third kappa shape index (κ3) is 4.04. The summed E-state index contributed by atoms with van der Waals surface area (Å²) in [6.45, 7) is 2.10. The number of ether oxygens (including phenoxy) is 2. The molecule has 6 heteroatoms. The van der Waals surface area contributed by atoms with Gasteiger partial charge in [0.05, 0.1) is 12.6 Å². The molecule has 0 N–H and O–H groups in total. The number of fused-ring (bicyclic) bond motifs is 1. The fourth-order valence-electron chi connectivity index (χ4n) is 1.82. The smallest absolute Gasteiger partial charge is 0.357 e. The van der Waals surface area contributed by atoms with Gasteiger partial charge in [0.15, 0.2) is 0 Å². The number of carbonyl (C=O) groups excluding carboxylic acids is 1. The molecule has 0 bridgehead atoms. The largest absolute Gasteiger partial charge is 0.468 e. The van der Waals surface area contributed by atoms with Gasteiger partial charge in [0.25, 0.3) is 0 Å². The lowest BCUT2D eigenvalue weighted by atomic mass is 10.2. The summed E-state index contributed by atoms with van der Waals surface area (Å²) in [7, 11) is 1.35. The van der Waals surface area contributed by atoms with Crippen molar-refractivity contribution in [3.05, 3.63) is 30.5 Å². The molecule has 2 rings (SSSR count). The Morgan fingerprint density at radius 1 is 1.38 bits per heavy atom. The van der Waals surface area contributed by atoms with E-state index in [1.165, 1.54) is 18.9 Å². The maximum Gasteiger partial charge on any atom is 0.357 e. The van der Waals surface area contributed by atoms with E-state index in [2.05, 4.69) is 18.0 Å². The Hall–Kier alpha value is -1.40. The molecule has 1 aromatic carbocycles. The zero-order chi connectivity index (χ0) is 15.2. The number of thioether (sulfide) groups is 2. The fourth-order valence-corrected chi connectivity index (χ4v) is 2.99. The van der Waals surface area contributed by atoms with Crippen LogP contribution >= 0.6 is 23.5 Å². The highest BCUT2D eigenvalue weighted by Gasteiger charge is 2.19. The lowest BCUT2D eigenvalue weighted by Gasteiger charge is -2.14. The van der Waals surface area contributed by atoms with Gasteiger partial charge in [-0.1, -0.05) is 6.92 Å².